The number of aryl methyl sites for hydroxylation is 2. The van der Waals surface area contributed by atoms with Crippen LogP contribution in [-0.2, 0) is 7.05 Å². The van der Waals surface area contributed by atoms with E-state index < -0.39 is 0 Å². The Labute approximate surface area is 117 Å². The van der Waals surface area contributed by atoms with Gasteiger partial charge in [0.05, 0.1) is 5.69 Å². The van der Waals surface area contributed by atoms with E-state index in [0.717, 1.165) is 18.4 Å². The molecule has 0 saturated heterocycles. The highest BCUT2D eigenvalue weighted by Gasteiger charge is 2.30. The van der Waals surface area contributed by atoms with Crippen molar-refractivity contribution in [3.63, 3.8) is 0 Å². The van der Waals surface area contributed by atoms with Crippen LogP contribution < -0.4 is 5.32 Å². The average Bonchev–Trinajstić information content (AvgIpc) is 2.62. The van der Waals surface area contributed by atoms with Crippen molar-refractivity contribution in [3.05, 3.63) is 17.0 Å². The van der Waals surface area contributed by atoms with Gasteiger partial charge in [-0.3, -0.25) is 4.68 Å². The van der Waals surface area contributed by atoms with E-state index in [1.807, 2.05) is 4.68 Å². The number of hydrogen-bond acceptors (Lipinski definition) is 2. The van der Waals surface area contributed by atoms with Crippen LogP contribution >= 0.6 is 0 Å². The summed E-state index contributed by atoms with van der Waals surface area (Å²) in [5, 5.41) is 8.33. The molecule has 0 aliphatic heterocycles. The molecular formula is C16H29N3. The van der Waals surface area contributed by atoms with Crippen molar-refractivity contribution in [1.29, 1.82) is 0 Å². The molecule has 0 amide bonds. The molecule has 0 bridgehead atoms. The van der Waals surface area contributed by atoms with E-state index in [4.69, 9.17) is 0 Å². The van der Waals surface area contributed by atoms with Gasteiger partial charge < -0.3 is 5.32 Å². The van der Waals surface area contributed by atoms with Crippen LogP contribution in [0.4, 0.5) is 0 Å². The maximum Gasteiger partial charge on any atom is 0.0644 e. The Morgan fingerprint density at radius 3 is 2.37 bits per heavy atom. The minimum Gasteiger partial charge on any atom is -0.310 e. The average molecular weight is 263 g/mol. The number of nitrogens with zero attached hydrogens (tertiary/aromatic N) is 2. The monoisotopic (exact) mass is 263 g/mol. The zero-order valence-corrected chi connectivity index (χ0v) is 13.2. The fourth-order valence-corrected chi connectivity index (χ4v) is 3.58. The van der Waals surface area contributed by atoms with E-state index >= 15 is 0 Å². The normalized spacial score (nSPS) is 25.5. The van der Waals surface area contributed by atoms with Gasteiger partial charge in [-0.15, -0.1) is 0 Å². The number of rotatable bonds is 4. The fraction of sp³-hybridized carbons (Fsp3) is 0.812. The molecule has 108 valence electrons. The third kappa shape index (κ3) is 3.02. The van der Waals surface area contributed by atoms with E-state index in [1.54, 1.807) is 0 Å². The molecule has 1 fully saturated rings. The van der Waals surface area contributed by atoms with E-state index in [1.165, 1.54) is 42.6 Å². The highest BCUT2D eigenvalue weighted by atomic mass is 15.3. The molecular weight excluding hydrogens is 234 g/mol. The van der Waals surface area contributed by atoms with Gasteiger partial charge >= 0.3 is 0 Å². The summed E-state index contributed by atoms with van der Waals surface area (Å²) < 4.78 is 2.03. The predicted molar refractivity (Wildman–Crippen MR) is 80.2 cm³/mol. The van der Waals surface area contributed by atoms with Crippen LogP contribution in [-0.4, -0.2) is 16.3 Å². The second-order valence-electron chi connectivity index (χ2n) is 6.26. The summed E-state index contributed by atoms with van der Waals surface area (Å²) in [5.41, 5.74) is 3.97. The first-order valence-electron chi connectivity index (χ1n) is 7.78. The molecule has 19 heavy (non-hydrogen) atoms. The highest BCUT2D eigenvalue weighted by molar-refractivity contribution is 5.29. The molecule has 0 radical (unpaired) electrons. The van der Waals surface area contributed by atoms with Crippen LogP contribution in [0, 0.1) is 25.7 Å². The van der Waals surface area contributed by atoms with Gasteiger partial charge in [0.15, 0.2) is 0 Å². The standard InChI is InChI=1S/C16H29N3/c1-6-17-16(14-9-7-11(2)8-10-14)15-12(3)18-19(5)13(15)4/h11,14,16-17H,6-10H2,1-5H3. The quantitative estimate of drug-likeness (QED) is 0.901. The first kappa shape index (κ1) is 14.6. The first-order chi connectivity index (χ1) is 9.04. The van der Waals surface area contributed by atoms with Crippen molar-refractivity contribution >= 4 is 0 Å². The molecule has 0 spiro atoms. The Hall–Kier alpha value is -0.830. The summed E-state index contributed by atoms with van der Waals surface area (Å²) in [6.45, 7) is 9.98. The summed E-state index contributed by atoms with van der Waals surface area (Å²) in [6, 6.07) is 0.492. The number of nitrogens with one attached hydrogen (secondary N) is 1. The highest BCUT2D eigenvalue weighted by Crippen LogP contribution is 2.38. The molecule has 1 saturated carbocycles. The molecule has 1 atom stereocenters. The van der Waals surface area contributed by atoms with Crippen molar-refractivity contribution in [1.82, 2.24) is 15.1 Å². The van der Waals surface area contributed by atoms with Crippen molar-refractivity contribution in [2.24, 2.45) is 18.9 Å². The zero-order valence-electron chi connectivity index (χ0n) is 13.2. The lowest BCUT2D eigenvalue weighted by molar-refractivity contribution is 0.232. The molecule has 1 aromatic rings. The lowest BCUT2D eigenvalue weighted by atomic mass is 9.77. The van der Waals surface area contributed by atoms with Crippen molar-refractivity contribution in [2.75, 3.05) is 6.54 Å². The molecule has 1 heterocycles. The van der Waals surface area contributed by atoms with Gasteiger partial charge in [0.2, 0.25) is 0 Å². The van der Waals surface area contributed by atoms with Gasteiger partial charge in [-0.25, -0.2) is 0 Å². The van der Waals surface area contributed by atoms with Crippen molar-refractivity contribution in [2.45, 2.75) is 59.4 Å². The second kappa shape index (κ2) is 6.08. The summed E-state index contributed by atoms with van der Waals surface area (Å²) in [6.07, 6.45) is 5.47. The molecule has 0 aromatic carbocycles. The van der Waals surface area contributed by atoms with E-state index in [0.29, 0.717) is 6.04 Å². The third-order valence-corrected chi connectivity index (χ3v) is 4.83. The molecule has 1 unspecified atom stereocenters. The Kier molecular flexibility index (Phi) is 4.67. The molecule has 1 N–H and O–H groups in total. The molecule has 3 nitrogen and oxygen atoms in total. The summed E-state index contributed by atoms with van der Waals surface area (Å²) in [7, 11) is 2.05. The minimum absolute atomic E-state index is 0.492. The molecule has 1 aliphatic rings. The van der Waals surface area contributed by atoms with E-state index in [2.05, 4.69) is 45.2 Å². The molecule has 1 aliphatic carbocycles. The lowest BCUT2D eigenvalue weighted by Crippen LogP contribution is -2.31. The Morgan fingerprint density at radius 2 is 1.89 bits per heavy atom. The van der Waals surface area contributed by atoms with Gasteiger partial charge in [-0.05, 0) is 45.1 Å². The summed E-state index contributed by atoms with van der Waals surface area (Å²) in [4.78, 5) is 0. The van der Waals surface area contributed by atoms with Crippen LogP contribution in [0.25, 0.3) is 0 Å². The smallest absolute Gasteiger partial charge is 0.0644 e. The summed E-state index contributed by atoms with van der Waals surface area (Å²) >= 11 is 0. The topological polar surface area (TPSA) is 29.9 Å². The maximum absolute atomic E-state index is 4.60. The lowest BCUT2D eigenvalue weighted by Gasteiger charge is -2.33. The number of aromatic nitrogens is 2. The third-order valence-electron chi connectivity index (χ3n) is 4.83. The van der Waals surface area contributed by atoms with Crippen LogP contribution in [0.5, 0.6) is 0 Å². The largest absolute Gasteiger partial charge is 0.310 e. The molecule has 2 rings (SSSR count). The Bertz CT molecular complexity index is 414. The first-order valence-corrected chi connectivity index (χ1v) is 7.78. The fourth-order valence-electron chi connectivity index (χ4n) is 3.58. The maximum atomic E-state index is 4.60. The minimum atomic E-state index is 0.492. The van der Waals surface area contributed by atoms with Gasteiger partial charge in [-0.2, -0.15) is 5.10 Å². The predicted octanol–water partition coefficient (Wildman–Crippen LogP) is 3.51. The van der Waals surface area contributed by atoms with Crippen LogP contribution in [0.3, 0.4) is 0 Å². The second-order valence-corrected chi connectivity index (χ2v) is 6.26. The van der Waals surface area contributed by atoms with Crippen molar-refractivity contribution < 1.29 is 0 Å². The molecule has 3 heteroatoms. The van der Waals surface area contributed by atoms with Crippen LogP contribution in [0.15, 0.2) is 0 Å². The molecule has 1 aromatic heterocycles. The SMILES string of the molecule is CCNC(c1c(C)nn(C)c1C)C1CCC(C)CC1. The van der Waals surface area contributed by atoms with Gasteiger partial charge in [0.1, 0.15) is 0 Å². The van der Waals surface area contributed by atoms with E-state index in [-0.39, 0.29) is 0 Å². The van der Waals surface area contributed by atoms with Crippen LogP contribution in [0.2, 0.25) is 0 Å². The van der Waals surface area contributed by atoms with Gasteiger partial charge in [0, 0.05) is 24.3 Å². The number of hydrogen-bond donors (Lipinski definition) is 1. The van der Waals surface area contributed by atoms with Gasteiger partial charge in [0.25, 0.3) is 0 Å². The van der Waals surface area contributed by atoms with Gasteiger partial charge in [-0.1, -0.05) is 26.7 Å². The Balaban J connectivity index is 2.24. The summed E-state index contributed by atoms with van der Waals surface area (Å²) in [5.74, 6) is 1.69. The zero-order chi connectivity index (χ0) is 14.0. The Morgan fingerprint density at radius 1 is 1.26 bits per heavy atom. The van der Waals surface area contributed by atoms with Crippen LogP contribution in [0.1, 0.15) is 62.5 Å². The van der Waals surface area contributed by atoms with E-state index in [9.17, 15) is 0 Å². The van der Waals surface area contributed by atoms with Crippen molar-refractivity contribution in [3.8, 4) is 0 Å².